The van der Waals surface area contributed by atoms with Gasteiger partial charge in [0, 0.05) is 60.1 Å². The van der Waals surface area contributed by atoms with Gasteiger partial charge in [0.1, 0.15) is 5.69 Å². The Balaban J connectivity index is 0.000000307. The molecule has 0 aliphatic rings. The molecule has 0 radical (unpaired) electrons. The van der Waals surface area contributed by atoms with Gasteiger partial charge in [-0.15, -0.1) is 0 Å². The topological polar surface area (TPSA) is 69.0 Å². The molecular weight excluding hydrogens is 470 g/mol. The Hall–Kier alpha value is -3.56. The van der Waals surface area contributed by atoms with Gasteiger partial charge >= 0.3 is 0 Å². The van der Waals surface area contributed by atoms with Gasteiger partial charge in [-0.05, 0) is 49.4 Å². The van der Waals surface area contributed by atoms with Crippen molar-refractivity contribution in [3.05, 3.63) is 95.8 Å². The van der Waals surface area contributed by atoms with Crippen LogP contribution in [0.4, 0.5) is 14.5 Å². The SMILES string of the molecule is C=C/C=C\C(C=O)=C(/C)SOC.CNc1ccc(-n2nc(-c3cccnc3)cc2C(C)(F)F)cc1. The van der Waals surface area contributed by atoms with Crippen molar-refractivity contribution in [2.24, 2.45) is 0 Å². The first-order valence-corrected chi connectivity index (χ1v) is 11.3. The number of aldehydes is 1. The summed E-state index contributed by atoms with van der Waals surface area (Å²) < 4.78 is 34.1. The predicted molar refractivity (Wildman–Crippen MR) is 139 cm³/mol. The minimum Gasteiger partial charge on any atom is -0.388 e. The number of aromatic nitrogens is 3. The lowest BCUT2D eigenvalue weighted by Gasteiger charge is -2.13. The molecule has 0 amide bonds. The predicted octanol–water partition coefficient (Wildman–Crippen LogP) is 6.58. The number of nitrogens with one attached hydrogen (secondary N) is 1. The van der Waals surface area contributed by atoms with Crippen molar-refractivity contribution in [3.63, 3.8) is 0 Å². The van der Waals surface area contributed by atoms with E-state index in [1.807, 2.05) is 19.1 Å². The molecule has 0 fully saturated rings. The number of allylic oxidation sites excluding steroid dienone is 5. The summed E-state index contributed by atoms with van der Waals surface area (Å²) in [5, 5.41) is 7.34. The average molecular weight is 499 g/mol. The summed E-state index contributed by atoms with van der Waals surface area (Å²) in [6.07, 6.45) is 9.06. The molecule has 184 valence electrons. The van der Waals surface area contributed by atoms with E-state index in [2.05, 4.69) is 22.0 Å². The van der Waals surface area contributed by atoms with E-state index in [1.54, 1.807) is 69.0 Å². The Bertz CT molecular complexity index is 1170. The van der Waals surface area contributed by atoms with Crippen molar-refractivity contribution in [3.8, 4) is 16.9 Å². The molecule has 3 aromatic rings. The fourth-order valence-corrected chi connectivity index (χ4v) is 3.36. The van der Waals surface area contributed by atoms with Gasteiger partial charge in [0.25, 0.3) is 5.92 Å². The Morgan fingerprint density at radius 1 is 1.26 bits per heavy atom. The van der Waals surface area contributed by atoms with Crippen molar-refractivity contribution in [2.45, 2.75) is 19.8 Å². The van der Waals surface area contributed by atoms with Gasteiger partial charge in [0.05, 0.1) is 18.5 Å². The van der Waals surface area contributed by atoms with E-state index in [4.69, 9.17) is 4.18 Å². The van der Waals surface area contributed by atoms with Crippen molar-refractivity contribution in [1.29, 1.82) is 0 Å². The number of carbonyl (C=O) groups is 1. The van der Waals surface area contributed by atoms with Crippen LogP contribution in [0.3, 0.4) is 0 Å². The molecule has 2 heterocycles. The van der Waals surface area contributed by atoms with Crippen LogP contribution >= 0.6 is 12.0 Å². The third-order valence-electron chi connectivity index (χ3n) is 4.67. The van der Waals surface area contributed by atoms with Gasteiger partial charge in [-0.1, -0.05) is 24.8 Å². The largest absolute Gasteiger partial charge is 0.388 e. The Labute approximate surface area is 208 Å². The lowest BCUT2D eigenvalue weighted by atomic mass is 10.1. The molecule has 9 heteroatoms. The number of rotatable bonds is 9. The lowest BCUT2D eigenvalue weighted by Crippen LogP contribution is -2.14. The normalized spacial score (nSPS) is 11.9. The molecular formula is C26H28F2N4O2S. The number of anilines is 1. The third kappa shape index (κ3) is 8.01. The van der Waals surface area contributed by atoms with E-state index in [-0.39, 0.29) is 5.69 Å². The van der Waals surface area contributed by atoms with Gasteiger partial charge in [0.2, 0.25) is 0 Å². The Morgan fingerprint density at radius 3 is 2.49 bits per heavy atom. The molecule has 0 aliphatic carbocycles. The molecule has 0 atom stereocenters. The minimum atomic E-state index is -3.00. The molecule has 1 aromatic carbocycles. The lowest BCUT2D eigenvalue weighted by molar-refractivity contribution is -0.104. The molecule has 0 aliphatic heterocycles. The first-order valence-electron chi connectivity index (χ1n) is 10.6. The number of carbonyl (C=O) groups excluding carboxylic acids is 1. The van der Waals surface area contributed by atoms with E-state index >= 15 is 0 Å². The maximum Gasteiger partial charge on any atom is 0.287 e. The van der Waals surface area contributed by atoms with Crippen LogP contribution in [0.25, 0.3) is 16.9 Å². The highest BCUT2D eigenvalue weighted by molar-refractivity contribution is 7.98. The van der Waals surface area contributed by atoms with Crippen molar-refractivity contribution < 1.29 is 17.8 Å². The van der Waals surface area contributed by atoms with E-state index < -0.39 is 5.92 Å². The van der Waals surface area contributed by atoms with Crippen LogP contribution in [0.5, 0.6) is 0 Å². The average Bonchev–Trinajstić information content (AvgIpc) is 3.32. The van der Waals surface area contributed by atoms with Gasteiger partial charge in [-0.3, -0.25) is 9.78 Å². The fourth-order valence-electron chi connectivity index (χ4n) is 2.90. The monoisotopic (exact) mass is 498 g/mol. The Morgan fingerprint density at radius 2 is 1.97 bits per heavy atom. The van der Waals surface area contributed by atoms with Crippen LogP contribution in [0.1, 0.15) is 19.5 Å². The van der Waals surface area contributed by atoms with E-state index in [0.29, 0.717) is 22.5 Å². The smallest absolute Gasteiger partial charge is 0.287 e. The summed E-state index contributed by atoms with van der Waals surface area (Å²) in [5.41, 5.74) is 3.10. The summed E-state index contributed by atoms with van der Waals surface area (Å²) in [6, 6.07) is 12.1. The molecule has 3 rings (SSSR count). The molecule has 0 unspecified atom stereocenters. The molecule has 35 heavy (non-hydrogen) atoms. The van der Waals surface area contributed by atoms with Crippen LogP contribution in [0.15, 0.2) is 90.1 Å². The third-order valence-corrected chi connectivity index (χ3v) is 5.32. The second kappa shape index (κ2) is 13.4. The molecule has 6 nitrogen and oxygen atoms in total. The second-order valence-corrected chi connectivity index (χ2v) is 8.34. The molecule has 1 N–H and O–H groups in total. The highest BCUT2D eigenvalue weighted by atomic mass is 32.2. The summed E-state index contributed by atoms with van der Waals surface area (Å²) in [7, 11) is 3.36. The van der Waals surface area contributed by atoms with E-state index in [0.717, 1.165) is 23.8 Å². The van der Waals surface area contributed by atoms with Crippen molar-refractivity contribution in [2.75, 3.05) is 19.5 Å². The fraction of sp³-hybridized carbons (Fsp3) is 0.192. The van der Waals surface area contributed by atoms with Gasteiger partial charge in [-0.25, -0.2) is 4.68 Å². The van der Waals surface area contributed by atoms with E-state index in [9.17, 15) is 13.6 Å². The number of alkyl halides is 2. The zero-order valence-electron chi connectivity index (χ0n) is 20.0. The standard InChI is InChI=1S/C17H16F2N4.C9H12O2S/c1-17(18,19)16-10-15(12-4-3-9-21-11-12)22-23(16)14-7-5-13(20-2)6-8-14;1-4-5-6-9(7-10)8(2)12-11-3/h3-11,20H,1-2H3;4-7H,1H2,2-3H3/b;6-5-,9-8-. The summed E-state index contributed by atoms with van der Waals surface area (Å²) in [4.78, 5) is 15.4. The van der Waals surface area contributed by atoms with Crippen LogP contribution in [-0.4, -0.2) is 35.2 Å². The highest BCUT2D eigenvalue weighted by Crippen LogP contribution is 2.32. The van der Waals surface area contributed by atoms with Gasteiger partial charge in [0.15, 0.2) is 6.29 Å². The molecule has 2 aromatic heterocycles. The summed E-state index contributed by atoms with van der Waals surface area (Å²) >= 11 is 1.18. The molecule has 0 bridgehead atoms. The minimum absolute atomic E-state index is 0.159. The van der Waals surface area contributed by atoms with Gasteiger partial charge < -0.3 is 9.50 Å². The van der Waals surface area contributed by atoms with Crippen LogP contribution in [0, 0.1) is 0 Å². The van der Waals surface area contributed by atoms with Crippen LogP contribution < -0.4 is 5.32 Å². The van der Waals surface area contributed by atoms with Crippen LogP contribution in [-0.2, 0) is 14.9 Å². The zero-order valence-corrected chi connectivity index (χ0v) is 20.9. The first-order chi connectivity index (χ1) is 16.7. The number of nitrogens with zero attached hydrogens (tertiary/aromatic N) is 3. The van der Waals surface area contributed by atoms with Crippen molar-refractivity contribution in [1.82, 2.24) is 14.8 Å². The molecule has 0 saturated carbocycles. The summed E-state index contributed by atoms with van der Waals surface area (Å²) in [6.45, 7) is 6.20. The molecule has 0 spiro atoms. The number of halogens is 2. The first kappa shape index (κ1) is 27.7. The number of hydrogen-bond donors (Lipinski definition) is 1. The van der Waals surface area contributed by atoms with Crippen LogP contribution in [0.2, 0.25) is 0 Å². The Kier molecular flexibility index (Phi) is 10.6. The maximum absolute atomic E-state index is 14.0. The van der Waals surface area contributed by atoms with Crippen molar-refractivity contribution >= 4 is 24.0 Å². The maximum atomic E-state index is 14.0. The highest BCUT2D eigenvalue weighted by Gasteiger charge is 2.31. The van der Waals surface area contributed by atoms with E-state index in [1.165, 1.54) is 22.8 Å². The second-order valence-electron chi connectivity index (χ2n) is 7.23. The number of hydrogen-bond acceptors (Lipinski definition) is 6. The van der Waals surface area contributed by atoms with Gasteiger partial charge in [-0.2, -0.15) is 13.9 Å². The summed E-state index contributed by atoms with van der Waals surface area (Å²) in [5.74, 6) is -3.00. The zero-order chi connectivity index (χ0) is 25.8. The number of pyridine rings is 1. The molecule has 0 saturated heterocycles. The number of benzene rings is 1. The quantitative estimate of drug-likeness (QED) is 0.155.